The third kappa shape index (κ3) is 3.83. The van der Waals surface area contributed by atoms with E-state index >= 15 is 0 Å². The Hall–Kier alpha value is -2.86. The second kappa shape index (κ2) is 6.18. The van der Waals surface area contributed by atoms with Crippen molar-refractivity contribution in [3.63, 3.8) is 0 Å². The van der Waals surface area contributed by atoms with E-state index in [1.807, 2.05) is 24.3 Å². The Morgan fingerprint density at radius 1 is 0.842 bits per heavy atom. The average molecular weight is 249 g/mol. The third-order valence-electron chi connectivity index (χ3n) is 2.33. The molecule has 0 aromatic heterocycles. The van der Waals surface area contributed by atoms with Gasteiger partial charge in [0.2, 0.25) is 0 Å². The van der Waals surface area contributed by atoms with Crippen molar-refractivity contribution in [3.05, 3.63) is 66.2 Å². The molecule has 19 heavy (non-hydrogen) atoms. The van der Waals surface area contributed by atoms with Crippen LogP contribution in [0.3, 0.4) is 0 Å². The molecule has 0 aliphatic heterocycles. The highest BCUT2D eigenvalue weighted by atomic mass is 16.2. The second-order valence-corrected chi connectivity index (χ2v) is 3.77. The summed E-state index contributed by atoms with van der Waals surface area (Å²) in [6, 6.07) is 17.8. The van der Waals surface area contributed by atoms with Crippen molar-refractivity contribution in [2.75, 3.05) is 5.32 Å². The molecule has 1 amide bonds. The summed E-state index contributed by atoms with van der Waals surface area (Å²) in [4.78, 5) is 23.1. The predicted octanol–water partition coefficient (Wildman–Crippen LogP) is 2.25. The van der Waals surface area contributed by atoms with Crippen LogP contribution in [0.2, 0.25) is 0 Å². The van der Waals surface area contributed by atoms with Crippen LogP contribution in [0.5, 0.6) is 0 Å². The molecular weight excluding hydrogens is 238 g/mol. The molecule has 2 rings (SSSR count). The smallest absolute Gasteiger partial charge is 0.305 e. The minimum Gasteiger partial charge on any atom is -0.319 e. The molecule has 3 nitrogen and oxygen atoms in total. The second-order valence-electron chi connectivity index (χ2n) is 3.77. The number of Topliss-reactive ketones (excluding diaryl/α,β-unsaturated/α-hetero) is 1. The summed E-state index contributed by atoms with van der Waals surface area (Å²) < 4.78 is 0. The quantitative estimate of drug-likeness (QED) is 0.655. The van der Waals surface area contributed by atoms with Gasteiger partial charge in [-0.05, 0) is 30.2 Å². The molecule has 0 bridgehead atoms. The molecule has 3 heteroatoms. The van der Waals surface area contributed by atoms with Crippen molar-refractivity contribution in [1.29, 1.82) is 0 Å². The number of ketones is 1. The first-order valence-corrected chi connectivity index (χ1v) is 5.73. The molecule has 1 N–H and O–H groups in total. The number of para-hydroxylation sites is 1. The molecule has 0 unspecified atom stereocenters. The van der Waals surface area contributed by atoms with E-state index in [0.717, 1.165) is 0 Å². The SMILES string of the molecule is O=C(C#Cc1ccccc1)C(=O)Nc1ccccc1. The Labute approximate surface area is 111 Å². The minimum atomic E-state index is -0.757. The van der Waals surface area contributed by atoms with Crippen molar-refractivity contribution in [1.82, 2.24) is 0 Å². The highest BCUT2D eigenvalue weighted by Crippen LogP contribution is 2.04. The van der Waals surface area contributed by atoms with Crippen molar-refractivity contribution < 1.29 is 9.59 Å². The number of hydrogen-bond donors (Lipinski definition) is 1. The summed E-state index contributed by atoms with van der Waals surface area (Å²) >= 11 is 0. The van der Waals surface area contributed by atoms with Crippen LogP contribution < -0.4 is 5.32 Å². The molecule has 0 saturated carbocycles. The van der Waals surface area contributed by atoms with Crippen molar-refractivity contribution in [2.45, 2.75) is 0 Å². The van der Waals surface area contributed by atoms with Crippen LogP contribution in [0.25, 0.3) is 0 Å². The number of anilines is 1. The van der Waals surface area contributed by atoms with E-state index in [0.29, 0.717) is 11.3 Å². The van der Waals surface area contributed by atoms with Crippen LogP contribution in [0.15, 0.2) is 60.7 Å². The number of rotatable bonds is 2. The first kappa shape index (κ1) is 12.6. The lowest BCUT2D eigenvalue weighted by Gasteiger charge is -2.00. The molecule has 0 fully saturated rings. The summed E-state index contributed by atoms with van der Waals surface area (Å²) in [6.45, 7) is 0. The van der Waals surface area contributed by atoms with Crippen molar-refractivity contribution >= 4 is 17.4 Å². The van der Waals surface area contributed by atoms with Crippen LogP contribution >= 0.6 is 0 Å². The zero-order valence-electron chi connectivity index (χ0n) is 10.1. The van der Waals surface area contributed by atoms with Gasteiger partial charge in [-0.2, -0.15) is 0 Å². The summed E-state index contributed by atoms with van der Waals surface area (Å²) in [5, 5.41) is 2.49. The van der Waals surface area contributed by atoms with Gasteiger partial charge in [-0.3, -0.25) is 9.59 Å². The number of amides is 1. The van der Waals surface area contributed by atoms with Gasteiger partial charge in [0, 0.05) is 11.3 Å². The summed E-state index contributed by atoms with van der Waals surface area (Å²) in [5.41, 5.74) is 1.27. The fraction of sp³-hybridized carbons (Fsp3) is 0. The number of carbonyl (C=O) groups excluding carboxylic acids is 2. The summed E-state index contributed by atoms with van der Waals surface area (Å²) in [7, 11) is 0. The monoisotopic (exact) mass is 249 g/mol. The maximum atomic E-state index is 11.6. The van der Waals surface area contributed by atoms with Crippen LogP contribution in [0.1, 0.15) is 5.56 Å². The molecule has 0 heterocycles. The van der Waals surface area contributed by atoms with Gasteiger partial charge in [-0.25, -0.2) is 0 Å². The lowest BCUT2D eigenvalue weighted by Crippen LogP contribution is -2.21. The molecule has 2 aromatic rings. The summed E-state index contributed by atoms with van der Waals surface area (Å²) in [6.07, 6.45) is 0. The first-order chi connectivity index (χ1) is 9.25. The topological polar surface area (TPSA) is 46.2 Å². The molecule has 92 valence electrons. The number of hydrogen-bond acceptors (Lipinski definition) is 2. The van der Waals surface area contributed by atoms with Gasteiger partial charge < -0.3 is 5.32 Å². The van der Waals surface area contributed by atoms with Gasteiger partial charge in [0.05, 0.1) is 0 Å². The average Bonchev–Trinajstić information content (AvgIpc) is 2.47. The Morgan fingerprint density at radius 2 is 1.42 bits per heavy atom. The van der Waals surface area contributed by atoms with E-state index in [4.69, 9.17) is 0 Å². The fourth-order valence-electron chi connectivity index (χ4n) is 1.42. The molecule has 0 saturated heterocycles. The Bertz CT molecular complexity index is 637. The zero-order valence-corrected chi connectivity index (χ0v) is 10.1. The largest absolute Gasteiger partial charge is 0.319 e. The zero-order chi connectivity index (χ0) is 13.5. The maximum absolute atomic E-state index is 11.6. The Balaban J connectivity index is 2.01. The van der Waals surface area contributed by atoms with E-state index < -0.39 is 11.7 Å². The number of carbonyl (C=O) groups is 2. The van der Waals surface area contributed by atoms with Crippen LogP contribution in [0.4, 0.5) is 5.69 Å². The molecular formula is C16H11NO2. The van der Waals surface area contributed by atoms with Gasteiger partial charge in [-0.1, -0.05) is 42.3 Å². The standard InChI is InChI=1S/C16H11NO2/c18-15(12-11-13-7-3-1-4-8-13)16(19)17-14-9-5-2-6-10-14/h1-10H,(H,17,19). The van der Waals surface area contributed by atoms with Gasteiger partial charge >= 0.3 is 5.91 Å². The van der Waals surface area contributed by atoms with E-state index in [2.05, 4.69) is 17.2 Å². The van der Waals surface area contributed by atoms with Crippen LogP contribution in [-0.4, -0.2) is 11.7 Å². The van der Waals surface area contributed by atoms with Crippen molar-refractivity contribution in [3.8, 4) is 11.8 Å². The van der Waals surface area contributed by atoms with Crippen LogP contribution in [-0.2, 0) is 9.59 Å². The van der Waals surface area contributed by atoms with Gasteiger partial charge in [0.25, 0.3) is 5.78 Å². The van der Waals surface area contributed by atoms with Gasteiger partial charge in [-0.15, -0.1) is 0 Å². The molecule has 0 aliphatic carbocycles. The first-order valence-electron chi connectivity index (χ1n) is 5.73. The third-order valence-corrected chi connectivity index (χ3v) is 2.33. The minimum absolute atomic E-state index is 0.572. The highest BCUT2D eigenvalue weighted by Gasteiger charge is 2.10. The normalized spacial score (nSPS) is 9.05. The lowest BCUT2D eigenvalue weighted by molar-refractivity contribution is -0.131. The van der Waals surface area contributed by atoms with E-state index in [-0.39, 0.29) is 0 Å². The van der Waals surface area contributed by atoms with E-state index in [1.165, 1.54) is 0 Å². The summed E-state index contributed by atoms with van der Waals surface area (Å²) in [5.74, 6) is 3.48. The van der Waals surface area contributed by atoms with Gasteiger partial charge in [0.1, 0.15) is 0 Å². The fourth-order valence-corrected chi connectivity index (χ4v) is 1.42. The Morgan fingerprint density at radius 3 is 2.05 bits per heavy atom. The van der Waals surface area contributed by atoms with E-state index in [9.17, 15) is 9.59 Å². The van der Waals surface area contributed by atoms with Crippen molar-refractivity contribution in [2.24, 2.45) is 0 Å². The molecule has 0 atom stereocenters. The molecule has 0 spiro atoms. The predicted molar refractivity (Wildman–Crippen MR) is 73.4 cm³/mol. The maximum Gasteiger partial charge on any atom is 0.305 e. The lowest BCUT2D eigenvalue weighted by atomic mass is 10.2. The Kier molecular flexibility index (Phi) is 4.09. The number of nitrogens with one attached hydrogen (secondary N) is 1. The highest BCUT2D eigenvalue weighted by molar-refractivity contribution is 6.46. The molecule has 0 aliphatic rings. The number of benzene rings is 2. The van der Waals surface area contributed by atoms with Crippen LogP contribution in [0, 0.1) is 11.8 Å². The molecule has 2 aromatic carbocycles. The van der Waals surface area contributed by atoms with Gasteiger partial charge in [0.15, 0.2) is 0 Å². The van der Waals surface area contributed by atoms with E-state index in [1.54, 1.807) is 36.4 Å². The molecule has 0 radical (unpaired) electrons.